The van der Waals surface area contributed by atoms with Gasteiger partial charge in [-0.1, -0.05) is 42.8 Å². The molecule has 0 aromatic carbocycles. The summed E-state index contributed by atoms with van der Waals surface area (Å²) in [6.07, 6.45) is 5.19. The zero-order valence-electron chi connectivity index (χ0n) is 11.9. The van der Waals surface area contributed by atoms with Gasteiger partial charge in [-0.3, -0.25) is 0 Å². The van der Waals surface area contributed by atoms with E-state index in [1.54, 1.807) is 13.0 Å². The number of hydrogen-bond acceptors (Lipinski definition) is 3. The SMILES string of the molecule is CCOC(=O)C1=C[C@@]2(C)CC(C)(C)C[C@]2(O)C=C1Br. The summed E-state index contributed by atoms with van der Waals surface area (Å²) in [7, 11) is 0. The lowest BCUT2D eigenvalue weighted by Crippen LogP contribution is -2.41. The minimum Gasteiger partial charge on any atom is -0.462 e. The second-order valence-corrected chi connectivity index (χ2v) is 7.48. The van der Waals surface area contributed by atoms with Crippen LogP contribution in [0.2, 0.25) is 0 Å². The Balaban J connectivity index is 2.43. The van der Waals surface area contributed by atoms with Crippen LogP contribution in [0.15, 0.2) is 22.2 Å². The molecule has 4 heteroatoms. The highest BCUT2D eigenvalue weighted by atomic mass is 79.9. The maximum Gasteiger partial charge on any atom is 0.338 e. The molecule has 0 spiro atoms. The van der Waals surface area contributed by atoms with Gasteiger partial charge in [0.25, 0.3) is 0 Å². The third-order valence-corrected chi connectivity index (χ3v) is 4.82. The van der Waals surface area contributed by atoms with E-state index >= 15 is 0 Å². The zero-order chi connectivity index (χ0) is 14.5. The summed E-state index contributed by atoms with van der Waals surface area (Å²) in [6.45, 7) is 8.44. The summed E-state index contributed by atoms with van der Waals surface area (Å²) < 4.78 is 5.70. The number of aliphatic hydroxyl groups is 1. The van der Waals surface area contributed by atoms with Crippen LogP contribution >= 0.6 is 15.9 Å². The molecule has 0 aliphatic heterocycles. The van der Waals surface area contributed by atoms with Crippen LogP contribution in [0.25, 0.3) is 0 Å². The van der Waals surface area contributed by atoms with E-state index in [4.69, 9.17) is 4.74 Å². The fourth-order valence-corrected chi connectivity index (χ4v) is 4.23. The Bertz CT molecular complexity index is 478. The first-order chi connectivity index (χ1) is 8.62. The van der Waals surface area contributed by atoms with E-state index in [0.29, 0.717) is 23.1 Å². The second kappa shape index (κ2) is 4.45. The topological polar surface area (TPSA) is 46.5 Å². The van der Waals surface area contributed by atoms with Crippen molar-refractivity contribution in [1.29, 1.82) is 0 Å². The van der Waals surface area contributed by atoms with Gasteiger partial charge in [0.2, 0.25) is 0 Å². The Labute approximate surface area is 122 Å². The molecular weight excluding hydrogens is 308 g/mol. The molecule has 0 unspecified atom stereocenters. The van der Waals surface area contributed by atoms with Gasteiger partial charge in [0.15, 0.2) is 0 Å². The number of esters is 1. The quantitative estimate of drug-likeness (QED) is 0.791. The van der Waals surface area contributed by atoms with Crippen molar-refractivity contribution in [3.05, 3.63) is 22.2 Å². The van der Waals surface area contributed by atoms with Crippen molar-refractivity contribution in [1.82, 2.24) is 0 Å². The van der Waals surface area contributed by atoms with Crippen molar-refractivity contribution >= 4 is 21.9 Å². The van der Waals surface area contributed by atoms with E-state index in [1.807, 2.05) is 13.0 Å². The summed E-state index contributed by atoms with van der Waals surface area (Å²) in [5, 5.41) is 10.9. The van der Waals surface area contributed by atoms with Gasteiger partial charge in [0.1, 0.15) is 0 Å². The van der Waals surface area contributed by atoms with Crippen LogP contribution in [0.3, 0.4) is 0 Å². The molecule has 0 aromatic heterocycles. The molecule has 1 saturated carbocycles. The van der Waals surface area contributed by atoms with E-state index in [0.717, 1.165) is 6.42 Å². The highest BCUT2D eigenvalue weighted by Crippen LogP contribution is 2.59. The van der Waals surface area contributed by atoms with Gasteiger partial charge in [-0.25, -0.2) is 4.79 Å². The molecule has 0 saturated heterocycles. The fraction of sp³-hybridized carbons (Fsp3) is 0.667. The summed E-state index contributed by atoms with van der Waals surface area (Å²) in [5.41, 5.74) is -0.749. The van der Waals surface area contributed by atoms with Gasteiger partial charge in [0.05, 0.1) is 17.8 Å². The number of carbonyl (C=O) groups excluding carboxylic acids is 1. The average molecular weight is 329 g/mol. The van der Waals surface area contributed by atoms with Gasteiger partial charge >= 0.3 is 5.97 Å². The van der Waals surface area contributed by atoms with Crippen molar-refractivity contribution < 1.29 is 14.6 Å². The van der Waals surface area contributed by atoms with E-state index in [1.165, 1.54) is 0 Å². The Morgan fingerprint density at radius 2 is 2.00 bits per heavy atom. The van der Waals surface area contributed by atoms with Crippen molar-refractivity contribution in [3.63, 3.8) is 0 Å². The van der Waals surface area contributed by atoms with Crippen molar-refractivity contribution in [2.24, 2.45) is 10.8 Å². The molecule has 1 N–H and O–H groups in total. The summed E-state index contributed by atoms with van der Waals surface area (Å²) >= 11 is 3.39. The Kier molecular flexibility index (Phi) is 3.47. The normalized spacial score (nSPS) is 36.3. The molecule has 2 atom stereocenters. The molecule has 2 aliphatic rings. The van der Waals surface area contributed by atoms with Crippen LogP contribution in [-0.4, -0.2) is 23.3 Å². The van der Waals surface area contributed by atoms with Gasteiger partial charge < -0.3 is 9.84 Å². The highest BCUT2D eigenvalue weighted by Gasteiger charge is 2.57. The Hall–Kier alpha value is -0.610. The fourth-order valence-electron chi connectivity index (χ4n) is 3.57. The van der Waals surface area contributed by atoms with E-state index < -0.39 is 11.0 Å². The summed E-state index contributed by atoms with van der Waals surface area (Å²) in [4.78, 5) is 12.0. The van der Waals surface area contributed by atoms with E-state index in [2.05, 4.69) is 29.8 Å². The van der Waals surface area contributed by atoms with Crippen molar-refractivity contribution in [3.8, 4) is 0 Å². The largest absolute Gasteiger partial charge is 0.462 e. The molecule has 106 valence electrons. The minimum atomic E-state index is -0.897. The number of hydrogen-bond donors (Lipinski definition) is 1. The minimum absolute atomic E-state index is 0.0495. The number of carbonyl (C=O) groups is 1. The number of rotatable bonds is 2. The monoisotopic (exact) mass is 328 g/mol. The van der Waals surface area contributed by atoms with Crippen LogP contribution in [0.1, 0.15) is 40.5 Å². The standard InChI is InChI=1S/C15H21BrO3/c1-5-19-12(17)10-6-14(4)8-13(2,3)9-15(14,18)7-11(10)16/h6-7,18H,5,8-9H2,1-4H3/t14-,15+/m0/s1. The van der Waals surface area contributed by atoms with Gasteiger partial charge in [-0.15, -0.1) is 0 Å². The molecule has 1 fully saturated rings. The van der Waals surface area contributed by atoms with Crippen molar-refractivity contribution in [2.45, 2.75) is 46.1 Å². The first-order valence-corrected chi connectivity index (χ1v) is 7.43. The second-order valence-electron chi connectivity index (χ2n) is 6.63. The number of ether oxygens (including phenoxy) is 1. The van der Waals surface area contributed by atoms with Crippen molar-refractivity contribution in [2.75, 3.05) is 6.61 Å². The Morgan fingerprint density at radius 3 is 2.58 bits per heavy atom. The first kappa shape index (κ1) is 14.8. The van der Waals surface area contributed by atoms with Gasteiger partial charge in [-0.05, 0) is 31.3 Å². The maximum absolute atomic E-state index is 12.0. The average Bonchev–Trinajstić information content (AvgIpc) is 2.41. The summed E-state index contributed by atoms with van der Waals surface area (Å²) in [6, 6.07) is 0. The lowest BCUT2D eigenvalue weighted by atomic mass is 9.71. The van der Waals surface area contributed by atoms with Gasteiger partial charge in [-0.2, -0.15) is 0 Å². The first-order valence-electron chi connectivity index (χ1n) is 6.64. The van der Waals surface area contributed by atoms with Gasteiger partial charge in [0, 0.05) is 9.90 Å². The molecule has 3 nitrogen and oxygen atoms in total. The zero-order valence-corrected chi connectivity index (χ0v) is 13.5. The van der Waals surface area contributed by atoms with Crippen LogP contribution in [0.5, 0.6) is 0 Å². The third kappa shape index (κ3) is 2.40. The van der Waals surface area contributed by atoms with Crippen LogP contribution < -0.4 is 0 Å². The molecule has 0 heterocycles. The predicted molar refractivity (Wildman–Crippen MR) is 77.8 cm³/mol. The molecule has 2 rings (SSSR count). The molecule has 2 aliphatic carbocycles. The summed E-state index contributed by atoms with van der Waals surface area (Å²) in [5.74, 6) is -0.335. The predicted octanol–water partition coefficient (Wildman–Crippen LogP) is 3.33. The highest BCUT2D eigenvalue weighted by molar-refractivity contribution is 9.12. The third-order valence-electron chi connectivity index (χ3n) is 4.16. The van der Waals surface area contributed by atoms with Crippen LogP contribution in [-0.2, 0) is 9.53 Å². The smallest absolute Gasteiger partial charge is 0.338 e. The number of halogens is 1. The lowest BCUT2D eigenvalue weighted by molar-refractivity contribution is -0.138. The maximum atomic E-state index is 12.0. The molecule has 0 radical (unpaired) electrons. The van der Waals surface area contributed by atoms with E-state index in [-0.39, 0.29) is 11.4 Å². The molecule has 0 bridgehead atoms. The molecule has 19 heavy (non-hydrogen) atoms. The number of fused-ring (bicyclic) bond motifs is 1. The lowest BCUT2D eigenvalue weighted by Gasteiger charge is -2.38. The molecular formula is C15H21BrO3. The molecule has 0 aromatic rings. The van der Waals surface area contributed by atoms with Crippen LogP contribution in [0, 0.1) is 10.8 Å². The Morgan fingerprint density at radius 1 is 1.37 bits per heavy atom. The van der Waals surface area contributed by atoms with Crippen LogP contribution in [0.4, 0.5) is 0 Å². The molecule has 0 amide bonds. The van der Waals surface area contributed by atoms with E-state index in [9.17, 15) is 9.90 Å².